The van der Waals surface area contributed by atoms with Gasteiger partial charge in [-0.15, -0.1) is 0 Å². The fourth-order valence-electron chi connectivity index (χ4n) is 1.92. The highest BCUT2D eigenvalue weighted by atomic mass is 16.5. The molecule has 2 N–H and O–H groups in total. The maximum Gasteiger partial charge on any atom is 0.142 e. The minimum absolute atomic E-state index is 0.596. The van der Waals surface area contributed by atoms with Gasteiger partial charge in [0.05, 0.1) is 18.9 Å². The number of nitrogen functional groups attached to an aromatic ring is 1. The van der Waals surface area contributed by atoms with Gasteiger partial charge in [0.25, 0.3) is 0 Å². The van der Waals surface area contributed by atoms with Gasteiger partial charge in [0, 0.05) is 6.42 Å². The molecule has 0 radical (unpaired) electrons. The van der Waals surface area contributed by atoms with E-state index in [0.717, 1.165) is 17.9 Å². The minimum atomic E-state index is 0.596. The Kier molecular flexibility index (Phi) is 4.88. The lowest BCUT2D eigenvalue weighted by atomic mass is 10.1. The normalized spacial score (nSPS) is 10.3. The molecule has 106 valence electrons. The van der Waals surface area contributed by atoms with Crippen LogP contribution in [0, 0.1) is 13.8 Å². The van der Waals surface area contributed by atoms with E-state index >= 15 is 0 Å². The average molecular weight is 271 g/mol. The van der Waals surface area contributed by atoms with Crippen molar-refractivity contribution in [3.05, 3.63) is 53.6 Å². The molecule has 2 rings (SSSR count). The van der Waals surface area contributed by atoms with Gasteiger partial charge in [-0.05, 0) is 43.2 Å². The molecule has 0 saturated heterocycles. The molecule has 20 heavy (non-hydrogen) atoms. The fourth-order valence-corrected chi connectivity index (χ4v) is 1.92. The Bertz CT molecular complexity index is 567. The number of anilines is 1. The molecule has 0 aromatic heterocycles. The van der Waals surface area contributed by atoms with Gasteiger partial charge in [-0.2, -0.15) is 0 Å². The lowest BCUT2D eigenvalue weighted by molar-refractivity contribution is 0.247. The van der Waals surface area contributed by atoms with Gasteiger partial charge >= 0.3 is 0 Å². The molecule has 0 aliphatic rings. The second kappa shape index (κ2) is 6.85. The number of hydrogen-bond donors (Lipinski definition) is 1. The molecule has 0 aliphatic heterocycles. The summed E-state index contributed by atoms with van der Waals surface area (Å²) in [5.74, 6) is 1.68. The van der Waals surface area contributed by atoms with E-state index in [0.29, 0.717) is 18.9 Å². The van der Waals surface area contributed by atoms with Crippen LogP contribution in [0.25, 0.3) is 0 Å². The van der Waals surface area contributed by atoms with Crippen LogP contribution in [0.1, 0.15) is 17.5 Å². The first kappa shape index (κ1) is 14.3. The van der Waals surface area contributed by atoms with Crippen LogP contribution in [-0.4, -0.2) is 13.2 Å². The third-order valence-electron chi connectivity index (χ3n) is 3.28. The molecule has 0 atom stereocenters. The van der Waals surface area contributed by atoms with Gasteiger partial charge in [0.2, 0.25) is 0 Å². The summed E-state index contributed by atoms with van der Waals surface area (Å²) >= 11 is 0. The van der Waals surface area contributed by atoms with Crippen LogP contribution in [-0.2, 0) is 0 Å². The summed E-state index contributed by atoms with van der Waals surface area (Å²) in [5.41, 5.74) is 8.92. The summed E-state index contributed by atoms with van der Waals surface area (Å²) in [7, 11) is 0. The van der Waals surface area contributed by atoms with E-state index in [4.69, 9.17) is 15.2 Å². The second-order valence-corrected chi connectivity index (χ2v) is 4.79. The molecule has 2 aromatic carbocycles. The van der Waals surface area contributed by atoms with Crippen LogP contribution in [0.4, 0.5) is 5.69 Å². The maximum absolute atomic E-state index is 5.81. The summed E-state index contributed by atoms with van der Waals surface area (Å²) < 4.78 is 11.4. The highest BCUT2D eigenvalue weighted by Gasteiger charge is 2.02. The Morgan fingerprint density at radius 3 is 2.25 bits per heavy atom. The number of benzene rings is 2. The third kappa shape index (κ3) is 3.67. The van der Waals surface area contributed by atoms with Crippen LogP contribution in [0.15, 0.2) is 42.5 Å². The molecular weight excluding hydrogens is 250 g/mol. The summed E-state index contributed by atoms with van der Waals surface area (Å²) in [6, 6.07) is 13.6. The quantitative estimate of drug-likeness (QED) is 0.643. The van der Waals surface area contributed by atoms with Crippen molar-refractivity contribution in [1.29, 1.82) is 0 Å². The topological polar surface area (TPSA) is 44.5 Å². The van der Waals surface area contributed by atoms with Crippen molar-refractivity contribution < 1.29 is 9.47 Å². The van der Waals surface area contributed by atoms with E-state index in [9.17, 15) is 0 Å². The van der Waals surface area contributed by atoms with Crippen molar-refractivity contribution >= 4 is 5.69 Å². The first-order valence-corrected chi connectivity index (χ1v) is 6.85. The maximum atomic E-state index is 5.81. The molecular formula is C17H21NO2. The Morgan fingerprint density at radius 1 is 0.850 bits per heavy atom. The molecule has 0 unspecified atom stereocenters. The molecule has 0 heterocycles. The van der Waals surface area contributed by atoms with Crippen LogP contribution in [0.3, 0.4) is 0 Å². The monoisotopic (exact) mass is 271 g/mol. The van der Waals surface area contributed by atoms with Crippen LogP contribution >= 0.6 is 0 Å². The Morgan fingerprint density at radius 2 is 1.50 bits per heavy atom. The van der Waals surface area contributed by atoms with Crippen molar-refractivity contribution in [2.75, 3.05) is 18.9 Å². The van der Waals surface area contributed by atoms with Gasteiger partial charge in [-0.3, -0.25) is 0 Å². The zero-order valence-corrected chi connectivity index (χ0v) is 12.1. The number of hydrogen-bond acceptors (Lipinski definition) is 3. The zero-order chi connectivity index (χ0) is 14.4. The van der Waals surface area contributed by atoms with Crippen molar-refractivity contribution in [2.24, 2.45) is 0 Å². The Hall–Kier alpha value is -2.16. The van der Waals surface area contributed by atoms with Gasteiger partial charge in [-0.1, -0.05) is 24.3 Å². The third-order valence-corrected chi connectivity index (χ3v) is 3.28. The zero-order valence-electron chi connectivity index (χ0n) is 12.1. The number of ether oxygens (including phenoxy) is 2. The predicted octanol–water partition coefficient (Wildman–Crippen LogP) is 3.73. The first-order valence-electron chi connectivity index (χ1n) is 6.85. The highest BCUT2D eigenvalue weighted by molar-refractivity contribution is 5.51. The van der Waals surface area contributed by atoms with Gasteiger partial charge in [-0.25, -0.2) is 0 Å². The average Bonchev–Trinajstić information content (AvgIpc) is 2.45. The predicted molar refractivity (Wildman–Crippen MR) is 82.4 cm³/mol. The second-order valence-electron chi connectivity index (χ2n) is 4.79. The smallest absolute Gasteiger partial charge is 0.142 e. The lowest BCUT2D eigenvalue weighted by Gasteiger charge is -2.12. The van der Waals surface area contributed by atoms with Gasteiger partial charge in [0.1, 0.15) is 11.5 Å². The van der Waals surface area contributed by atoms with E-state index < -0.39 is 0 Å². The summed E-state index contributed by atoms with van der Waals surface area (Å²) in [6.07, 6.45) is 0.821. The molecule has 0 fully saturated rings. The van der Waals surface area contributed by atoms with Crippen molar-refractivity contribution in [3.8, 4) is 11.5 Å². The molecule has 0 spiro atoms. The van der Waals surface area contributed by atoms with Crippen molar-refractivity contribution in [3.63, 3.8) is 0 Å². The largest absolute Gasteiger partial charge is 0.493 e. The molecule has 0 amide bonds. The minimum Gasteiger partial charge on any atom is -0.493 e. The number of nitrogens with two attached hydrogens (primary N) is 1. The van der Waals surface area contributed by atoms with E-state index in [1.807, 2.05) is 36.4 Å². The number of para-hydroxylation sites is 2. The molecule has 3 nitrogen and oxygen atoms in total. The lowest BCUT2D eigenvalue weighted by Crippen LogP contribution is -2.06. The summed E-state index contributed by atoms with van der Waals surface area (Å²) in [6.45, 7) is 5.39. The first-order chi connectivity index (χ1) is 9.68. The molecule has 0 aliphatic carbocycles. The number of rotatable bonds is 6. The highest BCUT2D eigenvalue weighted by Crippen LogP contribution is 2.21. The standard InChI is InChI=1S/C17H21NO2/c1-13-7-5-10-16(14(13)2)19-11-6-12-20-17-9-4-3-8-15(17)18/h3-5,7-10H,6,11-12,18H2,1-2H3. The molecule has 2 aromatic rings. The van der Waals surface area contributed by atoms with Crippen LogP contribution < -0.4 is 15.2 Å². The van der Waals surface area contributed by atoms with Crippen LogP contribution in [0.5, 0.6) is 11.5 Å². The number of aryl methyl sites for hydroxylation is 1. The van der Waals surface area contributed by atoms with Gasteiger partial charge in [0.15, 0.2) is 0 Å². The Balaban J connectivity index is 1.75. The molecule has 0 bridgehead atoms. The van der Waals surface area contributed by atoms with Gasteiger partial charge < -0.3 is 15.2 Å². The van der Waals surface area contributed by atoms with Crippen molar-refractivity contribution in [1.82, 2.24) is 0 Å². The summed E-state index contributed by atoms with van der Waals surface area (Å²) in [4.78, 5) is 0. The van der Waals surface area contributed by atoms with E-state index in [-0.39, 0.29) is 0 Å². The molecule has 3 heteroatoms. The fraction of sp³-hybridized carbons (Fsp3) is 0.294. The van der Waals surface area contributed by atoms with E-state index in [1.165, 1.54) is 11.1 Å². The van der Waals surface area contributed by atoms with Crippen LogP contribution in [0.2, 0.25) is 0 Å². The van der Waals surface area contributed by atoms with Crippen molar-refractivity contribution in [2.45, 2.75) is 20.3 Å². The SMILES string of the molecule is Cc1cccc(OCCCOc2ccccc2N)c1C. The Labute approximate surface area is 120 Å². The summed E-state index contributed by atoms with van der Waals surface area (Å²) in [5, 5.41) is 0. The van der Waals surface area contributed by atoms with E-state index in [1.54, 1.807) is 0 Å². The van der Waals surface area contributed by atoms with E-state index in [2.05, 4.69) is 19.9 Å². The molecule has 0 saturated carbocycles.